The summed E-state index contributed by atoms with van der Waals surface area (Å²) in [7, 11) is 2.45. The Morgan fingerprint density at radius 2 is 1.44 bits per heavy atom. The van der Waals surface area contributed by atoms with Crippen LogP contribution in [0, 0.1) is 5.92 Å². The van der Waals surface area contributed by atoms with Crippen LogP contribution in [0.5, 0.6) is 5.75 Å². The molecule has 1 spiro atoms. The summed E-state index contributed by atoms with van der Waals surface area (Å²) in [5.41, 5.74) is 23.2. The predicted molar refractivity (Wildman–Crippen MR) is 296 cm³/mol. The summed E-state index contributed by atoms with van der Waals surface area (Å²) in [6.45, 7) is 5.77. The van der Waals surface area contributed by atoms with Gasteiger partial charge in [-0.25, -0.2) is 0 Å². The number of hydrogen-bond acceptors (Lipinski definition) is 15. The average molecular weight is 1140 g/mol. The van der Waals surface area contributed by atoms with Gasteiger partial charge in [0.1, 0.15) is 48.0 Å². The summed E-state index contributed by atoms with van der Waals surface area (Å²) in [5, 5.41) is 18.9. The van der Waals surface area contributed by atoms with Crippen molar-refractivity contribution in [1.82, 2.24) is 42.1 Å². The molecule has 3 fully saturated rings. The molecular formula is C52H75N13O12S2. The molecule has 0 saturated carbocycles. The normalized spacial score (nSPS) is 22.9. The number of rotatable bonds is 19. The Bertz CT molecular complexity index is 2500. The summed E-state index contributed by atoms with van der Waals surface area (Å²) in [6, 6.07) is 6.59. The molecule has 7 atom stereocenters. The van der Waals surface area contributed by atoms with Gasteiger partial charge in [-0.05, 0) is 74.6 Å². The minimum atomic E-state index is -1.67. The van der Waals surface area contributed by atoms with Crippen LogP contribution in [0.4, 0.5) is 0 Å². The van der Waals surface area contributed by atoms with E-state index >= 15 is 0 Å². The molecule has 0 aliphatic carbocycles. The average Bonchev–Trinajstić information content (AvgIpc) is 3.91. The Kier molecular flexibility index (Phi) is 24.5. The van der Waals surface area contributed by atoms with Gasteiger partial charge in [0.05, 0.1) is 19.6 Å². The van der Waals surface area contributed by atoms with Gasteiger partial charge in [0, 0.05) is 56.1 Å². The molecule has 2 aromatic carbocycles. The van der Waals surface area contributed by atoms with Crippen molar-refractivity contribution in [2.75, 3.05) is 45.2 Å². The zero-order valence-electron chi connectivity index (χ0n) is 44.8. The molecule has 0 bridgehead atoms. The fraction of sp³-hybridized carbons (Fsp3) is 0.558. The fourth-order valence-electron chi connectivity index (χ4n) is 9.21. The van der Waals surface area contributed by atoms with Gasteiger partial charge in [-0.2, -0.15) is 0 Å². The highest BCUT2D eigenvalue weighted by Crippen LogP contribution is 2.46. The Labute approximate surface area is 466 Å². The van der Waals surface area contributed by atoms with Crippen LogP contribution in [-0.4, -0.2) is 162 Å². The van der Waals surface area contributed by atoms with Crippen LogP contribution in [0.2, 0.25) is 0 Å². The number of hydrogen-bond donors (Lipinski definition) is 11. The summed E-state index contributed by atoms with van der Waals surface area (Å²) in [4.78, 5) is 144. The topological polar surface area (TPSA) is 393 Å². The largest absolute Gasteiger partial charge is 0.494 e. The molecule has 15 N–H and O–H groups in total. The first kappa shape index (κ1) is 62.7. The van der Waals surface area contributed by atoms with Gasteiger partial charge in [0.2, 0.25) is 59.1 Å². The number of carbonyl (C=O) groups excluding carboxylic acids is 10. The molecule has 10 amide bonds. The molecule has 3 aliphatic rings. The highest BCUT2D eigenvalue weighted by molar-refractivity contribution is 8.77. The molecule has 5 rings (SSSR count). The Hall–Kier alpha value is -7.13. The molecule has 0 aromatic heterocycles. The standard InChI is InChI=1S/C52H75N13O12S2/c1-4-77-33-16-14-32(15-17-33)25-35-45(70)61-36(24-31-10-6-5-7-11-31)47(72)64-43(30(2)3)49(74)62-37(26-40(53)66)46(71)63-38(29-78-79-52(27-42(68)59-35)18-22-76-23-19-52)50(75)65-21-9-13-39(65)48(73)60-34(12-8-20-57-51(55)56)44(69)58-28-41(54)67/h5-7,10-11,14-17,30,34-39,43H,4,8-9,12-13,18-29H2,1-3H3,(H2,53,66)(H2,54,67)(H,58,69)(H,59,68)(H,60,73)(H,61,70)(H,62,74)(H,63,71)(H,64,72)(H4,55,56,57)/t34-,35+,36-,37-,38-,39-,43-/m0/s1. The van der Waals surface area contributed by atoms with E-state index in [1.165, 1.54) is 15.7 Å². The number of benzene rings is 2. The Balaban J connectivity index is 1.52. The van der Waals surface area contributed by atoms with Crippen LogP contribution >= 0.6 is 21.6 Å². The number of primary amides is 2. The summed E-state index contributed by atoms with van der Waals surface area (Å²) in [6.07, 6.45) is 0.669. The van der Waals surface area contributed by atoms with E-state index in [4.69, 9.17) is 32.4 Å². The van der Waals surface area contributed by atoms with E-state index < -0.39 is 125 Å². The number of nitrogens with one attached hydrogen (secondary N) is 7. The smallest absolute Gasteiger partial charge is 0.246 e. The number of nitrogens with two attached hydrogens (primary N) is 4. The van der Waals surface area contributed by atoms with Gasteiger partial charge in [-0.1, -0.05) is 77.9 Å². The molecule has 2 aromatic rings. The second-order valence-electron chi connectivity index (χ2n) is 19.9. The third-order valence-electron chi connectivity index (χ3n) is 13.4. The lowest BCUT2D eigenvalue weighted by Crippen LogP contribution is -2.61. The van der Waals surface area contributed by atoms with Crippen molar-refractivity contribution in [2.24, 2.45) is 33.8 Å². The lowest BCUT2D eigenvalue weighted by molar-refractivity contribution is -0.142. The Morgan fingerprint density at radius 1 is 0.810 bits per heavy atom. The maximum Gasteiger partial charge on any atom is 0.246 e. The van der Waals surface area contributed by atoms with E-state index in [0.29, 0.717) is 42.7 Å². The highest BCUT2D eigenvalue weighted by Gasteiger charge is 2.43. The molecular weight excluding hydrogens is 1060 g/mol. The third kappa shape index (κ3) is 19.9. The van der Waals surface area contributed by atoms with Crippen molar-refractivity contribution in [3.8, 4) is 5.75 Å². The maximum absolute atomic E-state index is 14.9. The number of guanidine groups is 1. The van der Waals surface area contributed by atoms with E-state index in [1.54, 1.807) is 68.4 Å². The van der Waals surface area contributed by atoms with Gasteiger partial charge < -0.3 is 74.5 Å². The second kappa shape index (κ2) is 30.9. The summed E-state index contributed by atoms with van der Waals surface area (Å²) in [5.74, 6) is -8.14. The van der Waals surface area contributed by atoms with Crippen molar-refractivity contribution in [2.45, 2.75) is 132 Å². The van der Waals surface area contributed by atoms with Crippen LogP contribution in [0.25, 0.3) is 0 Å². The molecule has 3 heterocycles. The quantitative estimate of drug-likeness (QED) is 0.0323. The van der Waals surface area contributed by atoms with Gasteiger partial charge in [0.15, 0.2) is 5.96 Å². The number of amides is 10. The van der Waals surface area contributed by atoms with Crippen molar-refractivity contribution in [1.29, 1.82) is 0 Å². The molecule has 432 valence electrons. The maximum atomic E-state index is 14.9. The first-order valence-corrected chi connectivity index (χ1v) is 28.6. The molecule has 79 heavy (non-hydrogen) atoms. The molecule has 25 nitrogen and oxygen atoms in total. The number of nitrogens with zero attached hydrogens (tertiary/aromatic N) is 2. The number of carbonyl (C=O) groups is 10. The third-order valence-corrected chi connectivity index (χ3v) is 16.7. The molecule has 0 radical (unpaired) electrons. The van der Waals surface area contributed by atoms with Crippen LogP contribution < -0.4 is 64.9 Å². The first-order chi connectivity index (χ1) is 37.7. The van der Waals surface area contributed by atoms with Crippen molar-refractivity contribution < 1.29 is 57.4 Å². The zero-order chi connectivity index (χ0) is 57.6. The second-order valence-corrected chi connectivity index (χ2v) is 22.7. The van der Waals surface area contributed by atoms with Gasteiger partial charge in [0.25, 0.3) is 0 Å². The monoisotopic (exact) mass is 1140 g/mol. The summed E-state index contributed by atoms with van der Waals surface area (Å²) < 4.78 is 10.5. The van der Waals surface area contributed by atoms with Crippen LogP contribution in [0.1, 0.15) is 83.3 Å². The van der Waals surface area contributed by atoms with E-state index in [-0.39, 0.29) is 76.5 Å². The number of aliphatic imine (C=N–C) groups is 1. The Morgan fingerprint density at radius 3 is 2.08 bits per heavy atom. The highest BCUT2D eigenvalue weighted by atomic mass is 33.1. The van der Waals surface area contributed by atoms with Crippen molar-refractivity contribution in [3.05, 3.63) is 65.7 Å². The van der Waals surface area contributed by atoms with E-state index in [9.17, 15) is 47.9 Å². The lowest BCUT2D eigenvalue weighted by Gasteiger charge is -2.36. The fourth-order valence-corrected chi connectivity index (χ4v) is 12.5. The number of ether oxygens (including phenoxy) is 2. The minimum Gasteiger partial charge on any atom is -0.494 e. The van der Waals surface area contributed by atoms with E-state index in [2.05, 4.69) is 42.2 Å². The van der Waals surface area contributed by atoms with Crippen LogP contribution in [0.3, 0.4) is 0 Å². The number of likely N-dealkylation sites (tertiary alicyclic amines) is 1. The van der Waals surface area contributed by atoms with Crippen molar-refractivity contribution >= 4 is 86.6 Å². The summed E-state index contributed by atoms with van der Waals surface area (Å²) >= 11 is 0. The zero-order valence-corrected chi connectivity index (χ0v) is 46.4. The lowest BCUT2D eigenvalue weighted by atomic mass is 9.94. The van der Waals surface area contributed by atoms with E-state index in [0.717, 1.165) is 10.8 Å². The van der Waals surface area contributed by atoms with Gasteiger partial charge >= 0.3 is 0 Å². The minimum absolute atomic E-state index is 0.0154. The van der Waals surface area contributed by atoms with Crippen LogP contribution in [-0.2, 0) is 65.5 Å². The van der Waals surface area contributed by atoms with Crippen LogP contribution in [0.15, 0.2) is 59.6 Å². The molecule has 27 heteroatoms. The SMILES string of the molecule is CCOc1ccc(C[C@H]2NC(=O)CC3(CCOCC3)SSC[C@@H](C(=O)N3CCC[C@H]3C(=O)N[C@@H](CCCN=C(N)N)C(=O)NCC(N)=O)NC(=O)[C@H](CC(N)=O)NC(=O)[C@H](C(C)C)NC(=O)[C@H](Cc3ccccc3)NC2=O)cc1. The van der Waals surface area contributed by atoms with Gasteiger partial charge in [-0.15, -0.1) is 0 Å². The van der Waals surface area contributed by atoms with Crippen molar-refractivity contribution in [3.63, 3.8) is 0 Å². The van der Waals surface area contributed by atoms with Gasteiger partial charge in [-0.3, -0.25) is 52.9 Å². The molecule has 3 aliphatic heterocycles. The van der Waals surface area contributed by atoms with E-state index in [1.807, 2.05) is 6.92 Å². The molecule has 0 unspecified atom stereocenters. The molecule has 3 saturated heterocycles. The predicted octanol–water partition coefficient (Wildman–Crippen LogP) is -1.71. The first-order valence-electron chi connectivity index (χ1n) is 26.3.